The summed E-state index contributed by atoms with van der Waals surface area (Å²) in [5, 5.41) is 11.7. The number of hydrogen-bond donors (Lipinski definition) is 1. The topological polar surface area (TPSA) is 81.0 Å². The van der Waals surface area contributed by atoms with Gasteiger partial charge in [0.1, 0.15) is 11.5 Å². The highest BCUT2D eigenvalue weighted by molar-refractivity contribution is 6.15. The minimum absolute atomic E-state index is 0.0821. The number of aromatic nitrogens is 1. The molecule has 35 heavy (non-hydrogen) atoms. The molecule has 1 fully saturated rings. The summed E-state index contributed by atoms with van der Waals surface area (Å²) in [4.78, 5) is 27.6. The standard InChI is InChI=1S/C28H30N2O5/c1-3-30-16-19(20-9-5-6-10-23(20)30)14-25-26(32)21-11-12-24(31)22(27(21)35-25)17-29-13-7-8-18(15-29)28(33)34-4-2/h5-6,9-12,14,16,18,31H,3-4,7-8,13,15,17H2,1-2H3/b25-14-. The van der Waals surface area contributed by atoms with Crippen molar-refractivity contribution in [1.82, 2.24) is 9.47 Å². The van der Waals surface area contributed by atoms with Crippen LogP contribution >= 0.6 is 0 Å². The van der Waals surface area contributed by atoms with Crippen molar-refractivity contribution in [2.24, 2.45) is 5.92 Å². The molecule has 182 valence electrons. The number of fused-ring (bicyclic) bond motifs is 2. The lowest BCUT2D eigenvalue weighted by Gasteiger charge is -2.31. The van der Waals surface area contributed by atoms with Crippen molar-refractivity contribution in [1.29, 1.82) is 0 Å². The minimum atomic E-state index is -0.197. The fraction of sp³-hybridized carbons (Fsp3) is 0.357. The van der Waals surface area contributed by atoms with Gasteiger partial charge in [0.25, 0.3) is 0 Å². The van der Waals surface area contributed by atoms with Crippen LogP contribution in [0.3, 0.4) is 0 Å². The number of para-hydroxylation sites is 1. The van der Waals surface area contributed by atoms with Crippen LogP contribution in [0.2, 0.25) is 0 Å². The van der Waals surface area contributed by atoms with E-state index in [2.05, 4.69) is 22.5 Å². The summed E-state index contributed by atoms with van der Waals surface area (Å²) >= 11 is 0. The highest BCUT2D eigenvalue weighted by atomic mass is 16.5. The average molecular weight is 475 g/mol. The molecular weight excluding hydrogens is 444 g/mol. The molecule has 2 aliphatic rings. The van der Waals surface area contributed by atoms with Crippen LogP contribution in [0.5, 0.6) is 11.5 Å². The third kappa shape index (κ3) is 4.32. The molecule has 1 atom stereocenters. The van der Waals surface area contributed by atoms with Gasteiger partial charge in [-0.25, -0.2) is 0 Å². The maximum atomic E-state index is 13.2. The highest BCUT2D eigenvalue weighted by Gasteiger charge is 2.33. The lowest BCUT2D eigenvalue weighted by atomic mass is 9.97. The molecule has 7 heteroatoms. The zero-order valence-electron chi connectivity index (χ0n) is 20.1. The third-order valence-corrected chi connectivity index (χ3v) is 6.87. The molecule has 0 spiro atoms. The first-order valence-corrected chi connectivity index (χ1v) is 12.3. The lowest BCUT2D eigenvalue weighted by molar-refractivity contribution is -0.150. The molecule has 1 aromatic heterocycles. The number of ether oxygens (including phenoxy) is 2. The molecule has 2 aliphatic heterocycles. The summed E-state index contributed by atoms with van der Waals surface area (Å²) in [7, 11) is 0. The van der Waals surface area contributed by atoms with Crippen molar-refractivity contribution in [2.75, 3.05) is 19.7 Å². The Labute approximate surface area is 204 Å². The molecule has 3 heterocycles. The monoisotopic (exact) mass is 474 g/mol. The number of esters is 1. The van der Waals surface area contributed by atoms with Gasteiger partial charge in [-0.05, 0) is 57.5 Å². The molecular formula is C28H30N2O5. The Bertz CT molecular complexity index is 1320. The fourth-order valence-corrected chi connectivity index (χ4v) is 5.12. The van der Waals surface area contributed by atoms with Crippen LogP contribution in [0.15, 0.2) is 48.4 Å². The van der Waals surface area contributed by atoms with Gasteiger partial charge in [-0.15, -0.1) is 0 Å². The number of carbonyl (C=O) groups is 2. The molecule has 1 saturated heterocycles. The van der Waals surface area contributed by atoms with Crippen LogP contribution in [-0.2, 0) is 22.6 Å². The van der Waals surface area contributed by atoms with Crippen molar-refractivity contribution in [2.45, 2.75) is 39.8 Å². The van der Waals surface area contributed by atoms with Gasteiger partial charge in [0.2, 0.25) is 5.78 Å². The van der Waals surface area contributed by atoms with Crippen LogP contribution < -0.4 is 4.74 Å². The first-order chi connectivity index (χ1) is 17.0. The van der Waals surface area contributed by atoms with Crippen LogP contribution in [0.25, 0.3) is 17.0 Å². The summed E-state index contributed by atoms with van der Waals surface area (Å²) in [6, 6.07) is 11.2. The van der Waals surface area contributed by atoms with Gasteiger partial charge in [0, 0.05) is 42.3 Å². The number of hydrogen-bond acceptors (Lipinski definition) is 6. The van der Waals surface area contributed by atoms with Crippen LogP contribution in [-0.4, -0.2) is 46.0 Å². The van der Waals surface area contributed by atoms with Gasteiger partial charge in [0.05, 0.1) is 23.7 Å². The number of likely N-dealkylation sites (tertiary alicyclic amines) is 1. The summed E-state index contributed by atoms with van der Waals surface area (Å²) in [5.74, 6) is 0.169. The average Bonchev–Trinajstić information content (AvgIpc) is 3.39. The third-order valence-electron chi connectivity index (χ3n) is 6.87. The van der Waals surface area contributed by atoms with E-state index in [0.717, 1.165) is 42.4 Å². The molecule has 1 unspecified atom stereocenters. The van der Waals surface area contributed by atoms with E-state index in [0.29, 0.717) is 36.6 Å². The molecule has 0 aliphatic carbocycles. The van der Waals surface area contributed by atoms with E-state index in [1.165, 1.54) is 0 Å². The number of ketones is 1. The van der Waals surface area contributed by atoms with Gasteiger partial charge in [-0.1, -0.05) is 18.2 Å². The number of aromatic hydroxyl groups is 1. The fourth-order valence-electron chi connectivity index (χ4n) is 5.12. The van der Waals surface area contributed by atoms with Gasteiger partial charge in [-0.2, -0.15) is 0 Å². The van der Waals surface area contributed by atoms with Crippen LogP contribution in [0, 0.1) is 5.92 Å². The number of rotatable bonds is 6. The van der Waals surface area contributed by atoms with Crippen molar-refractivity contribution >= 4 is 28.7 Å². The number of allylic oxidation sites excluding steroid dienone is 1. The van der Waals surface area contributed by atoms with E-state index < -0.39 is 0 Å². The highest BCUT2D eigenvalue weighted by Crippen LogP contribution is 2.41. The van der Waals surface area contributed by atoms with E-state index >= 15 is 0 Å². The number of Topliss-reactive ketones (excluding diaryl/α,β-unsaturated/α-hetero) is 1. The minimum Gasteiger partial charge on any atom is -0.507 e. The number of nitrogens with zero attached hydrogens (tertiary/aromatic N) is 2. The number of phenolic OH excluding ortho intramolecular Hbond substituents is 1. The van der Waals surface area contributed by atoms with Crippen LogP contribution in [0.4, 0.5) is 0 Å². The Kier molecular flexibility index (Phi) is 6.34. The first kappa shape index (κ1) is 23.2. The van der Waals surface area contributed by atoms with E-state index in [4.69, 9.17) is 9.47 Å². The second-order valence-electron chi connectivity index (χ2n) is 9.09. The van der Waals surface area contributed by atoms with Crippen molar-refractivity contribution in [3.05, 3.63) is 65.0 Å². The molecule has 0 saturated carbocycles. The summed E-state index contributed by atoms with van der Waals surface area (Å²) < 4.78 is 13.5. The second kappa shape index (κ2) is 9.58. The van der Waals surface area contributed by atoms with E-state index in [-0.39, 0.29) is 29.2 Å². The normalized spacial score (nSPS) is 19.2. The van der Waals surface area contributed by atoms with E-state index in [9.17, 15) is 14.7 Å². The summed E-state index contributed by atoms with van der Waals surface area (Å²) in [6.07, 6.45) is 5.47. The largest absolute Gasteiger partial charge is 0.507 e. The summed E-state index contributed by atoms with van der Waals surface area (Å²) in [6.45, 7) is 6.81. The van der Waals surface area contributed by atoms with Crippen molar-refractivity contribution in [3.63, 3.8) is 0 Å². The Morgan fingerprint density at radius 2 is 2.06 bits per heavy atom. The number of aryl methyl sites for hydroxylation is 1. The molecule has 7 nitrogen and oxygen atoms in total. The van der Waals surface area contributed by atoms with Crippen LogP contribution in [0.1, 0.15) is 48.2 Å². The van der Waals surface area contributed by atoms with Crippen molar-refractivity contribution in [3.8, 4) is 11.5 Å². The number of carbonyl (C=O) groups excluding carboxylic acids is 2. The van der Waals surface area contributed by atoms with Crippen molar-refractivity contribution < 1.29 is 24.2 Å². The number of benzene rings is 2. The Morgan fingerprint density at radius 3 is 2.86 bits per heavy atom. The molecule has 3 aromatic rings. The van der Waals surface area contributed by atoms with Gasteiger partial charge in [0.15, 0.2) is 5.76 Å². The first-order valence-electron chi connectivity index (χ1n) is 12.3. The molecule has 0 radical (unpaired) electrons. The Hall–Kier alpha value is -3.58. The quantitative estimate of drug-likeness (QED) is 0.410. The number of piperidine rings is 1. The molecule has 0 bridgehead atoms. The maximum absolute atomic E-state index is 13.2. The van der Waals surface area contributed by atoms with E-state index in [1.54, 1.807) is 18.2 Å². The molecule has 2 aromatic carbocycles. The predicted molar refractivity (Wildman–Crippen MR) is 133 cm³/mol. The molecule has 0 amide bonds. The summed E-state index contributed by atoms with van der Waals surface area (Å²) in [5.41, 5.74) is 3.03. The maximum Gasteiger partial charge on any atom is 0.310 e. The lowest BCUT2D eigenvalue weighted by Crippen LogP contribution is -2.39. The van der Waals surface area contributed by atoms with Gasteiger partial charge < -0.3 is 19.1 Å². The van der Waals surface area contributed by atoms with Gasteiger partial charge >= 0.3 is 5.97 Å². The Morgan fingerprint density at radius 1 is 1.23 bits per heavy atom. The van der Waals surface area contributed by atoms with E-state index in [1.807, 2.05) is 31.3 Å². The smallest absolute Gasteiger partial charge is 0.310 e. The number of phenols is 1. The Balaban J connectivity index is 1.43. The zero-order valence-corrected chi connectivity index (χ0v) is 20.1. The zero-order chi connectivity index (χ0) is 24.5. The molecule has 5 rings (SSSR count). The second-order valence-corrected chi connectivity index (χ2v) is 9.09. The predicted octanol–water partition coefficient (Wildman–Crippen LogP) is 4.76. The molecule has 1 N–H and O–H groups in total. The SMILES string of the molecule is CCOC(=O)C1CCCN(Cc2c(O)ccc3c2O/C(=C\c2cn(CC)c4ccccc24)C3=O)C1. The van der Waals surface area contributed by atoms with Gasteiger partial charge in [-0.3, -0.25) is 14.5 Å².